The number of hydrogen-bond donors (Lipinski definition) is 1. The molecular formula is C21H21N3O3S. The number of piperidine rings is 1. The number of fused-ring (bicyclic) bond motifs is 3. The van der Waals surface area contributed by atoms with Crippen LogP contribution in [0.25, 0.3) is 10.3 Å². The summed E-state index contributed by atoms with van der Waals surface area (Å²) >= 11 is 1.48. The molecule has 2 bridgehead atoms. The number of carboxylic acids is 1. The van der Waals surface area contributed by atoms with Crippen molar-refractivity contribution in [1.82, 2.24) is 14.9 Å². The molecule has 0 aliphatic carbocycles. The molecule has 144 valence electrons. The van der Waals surface area contributed by atoms with Gasteiger partial charge < -0.3 is 9.84 Å². The highest BCUT2D eigenvalue weighted by atomic mass is 32.1. The average Bonchev–Trinajstić information content (AvgIpc) is 3.19. The van der Waals surface area contributed by atoms with Gasteiger partial charge in [0, 0.05) is 24.8 Å². The Hall–Kier alpha value is -2.51. The van der Waals surface area contributed by atoms with Crippen molar-refractivity contribution < 1.29 is 14.6 Å². The van der Waals surface area contributed by atoms with Crippen molar-refractivity contribution in [2.45, 2.75) is 44.3 Å². The lowest BCUT2D eigenvalue weighted by atomic mass is 9.90. The summed E-state index contributed by atoms with van der Waals surface area (Å²) in [7, 11) is 0. The average molecular weight is 395 g/mol. The fourth-order valence-electron chi connectivity index (χ4n) is 4.50. The minimum atomic E-state index is -0.636. The van der Waals surface area contributed by atoms with E-state index in [2.05, 4.69) is 27.0 Å². The van der Waals surface area contributed by atoms with Crippen LogP contribution in [0.3, 0.4) is 0 Å². The van der Waals surface area contributed by atoms with Crippen LogP contribution in [0.2, 0.25) is 0 Å². The summed E-state index contributed by atoms with van der Waals surface area (Å²) in [6, 6.07) is 12.8. The van der Waals surface area contributed by atoms with Crippen LogP contribution in [0.4, 0.5) is 0 Å². The number of rotatable bonds is 5. The number of carboxylic acid groups (broad SMARTS) is 1. The quantitative estimate of drug-likeness (QED) is 0.694. The molecule has 0 amide bonds. The largest absolute Gasteiger partial charge is 0.481 e. The predicted molar refractivity (Wildman–Crippen MR) is 107 cm³/mol. The SMILES string of the molecule is O=C(O)C1C[C@H]2CC[C@@H](C1)N2Cc1ccc(Oc2nc3ncccc3s2)cc1. The Balaban J connectivity index is 1.25. The van der Waals surface area contributed by atoms with Crippen LogP contribution in [0.1, 0.15) is 31.2 Å². The summed E-state index contributed by atoms with van der Waals surface area (Å²) in [5.41, 5.74) is 1.93. The zero-order chi connectivity index (χ0) is 19.1. The standard InChI is InChI=1S/C21H21N3O3S/c25-20(26)14-10-15-5-6-16(11-14)24(15)12-13-3-7-17(8-4-13)27-21-23-19-18(28-21)2-1-9-22-19/h1-4,7-9,14-16H,5-6,10-12H2,(H,25,26)/t14?,15-,16+. The first kappa shape index (κ1) is 17.6. The summed E-state index contributed by atoms with van der Waals surface area (Å²) in [6.45, 7) is 0.868. The molecule has 2 saturated heterocycles. The Morgan fingerprint density at radius 1 is 1.18 bits per heavy atom. The molecule has 1 unspecified atom stereocenters. The smallest absolute Gasteiger partial charge is 0.306 e. The van der Waals surface area contributed by atoms with E-state index in [1.165, 1.54) is 16.9 Å². The van der Waals surface area contributed by atoms with E-state index in [0.29, 0.717) is 22.9 Å². The number of carbonyl (C=O) groups is 1. The molecule has 3 atom stereocenters. The van der Waals surface area contributed by atoms with E-state index in [0.717, 1.165) is 42.7 Å². The molecule has 1 aromatic carbocycles. The second-order valence-corrected chi connectivity index (χ2v) is 8.61. The van der Waals surface area contributed by atoms with Gasteiger partial charge in [-0.3, -0.25) is 9.69 Å². The molecule has 0 saturated carbocycles. The normalized spacial score (nSPS) is 24.5. The zero-order valence-corrected chi connectivity index (χ0v) is 16.1. The van der Waals surface area contributed by atoms with Crippen LogP contribution in [-0.4, -0.2) is 38.0 Å². The van der Waals surface area contributed by atoms with Crippen molar-refractivity contribution in [3.63, 3.8) is 0 Å². The molecule has 2 aliphatic rings. The van der Waals surface area contributed by atoms with Gasteiger partial charge in [-0.25, -0.2) is 4.98 Å². The lowest BCUT2D eigenvalue weighted by Gasteiger charge is -2.37. The molecule has 28 heavy (non-hydrogen) atoms. The maximum Gasteiger partial charge on any atom is 0.306 e. The van der Waals surface area contributed by atoms with Gasteiger partial charge in [-0.15, -0.1) is 0 Å². The van der Waals surface area contributed by atoms with Gasteiger partial charge in [-0.2, -0.15) is 4.98 Å². The van der Waals surface area contributed by atoms with Crippen molar-refractivity contribution in [2.75, 3.05) is 0 Å². The first-order chi connectivity index (χ1) is 13.7. The monoisotopic (exact) mass is 395 g/mol. The van der Waals surface area contributed by atoms with E-state index < -0.39 is 5.97 Å². The first-order valence-electron chi connectivity index (χ1n) is 9.62. The number of benzene rings is 1. The molecule has 3 aromatic rings. The third-order valence-electron chi connectivity index (χ3n) is 5.87. The van der Waals surface area contributed by atoms with Gasteiger partial charge in [-0.1, -0.05) is 23.5 Å². The van der Waals surface area contributed by atoms with Crippen LogP contribution in [0.5, 0.6) is 10.9 Å². The third kappa shape index (κ3) is 3.36. The van der Waals surface area contributed by atoms with E-state index in [1.807, 2.05) is 24.3 Å². The Morgan fingerprint density at radius 3 is 2.61 bits per heavy atom. The number of aliphatic carboxylic acids is 1. The highest BCUT2D eigenvalue weighted by Gasteiger charge is 2.42. The van der Waals surface area contributed by atoms with Crippen molar-refractivity contribution in [3.8, 4) is 10.9 Å². The van der Waals surface area contributed by atoms with Crippen LogP contribution in [0.15, 0.2) is 42.6 Å². The molecule has 5 rings (SSSR count). The fraction of sp³-hybridized carbons (Fsp3) is 0.381. The Morgan fingerprint density at radius 2 is 1.93 bits per heavy atom. The number of nitrogens with zero attached hydrogens (tertiary/aromatic N) is 3. The maximum absolute atomic E-state index is 11.3. The molecule has 6 nitrogen and oxygen atoms in total. The maximum atomic E-state index is 11.3. The van der Waals surface area contributed by atoms with E-state index in [1.54, 1.807) is 6.20 Å². The second-order valence-electron chi connectivity index (χ2n) is 7.61. The van der Waals surface area contributed by atoms with E-state index >= 15 is 0 Å². The van der Waals surface area contributed by atoms with E-state index in [-0.39, 0.29) is 5.92 Å². The van der Waals surface area contributed by atoms with E-state index in [4.69, 9.17) is 4.74 Å². The van der Waals surface area contributed by atoms with Crippen molar-refractivity contribution in [1.29, 1.82) is 0 Å². The van der Waals surface area contributed by atoms with Crippen molar-refractivity contribution in [3.05, 3.63) is 48.2 Å². The number of aromatic nitrogens is 2. The van der Waals surface area contributed by atoms with Crippen LogP contribution in [-0.2, 0) is 11.3 Å². The Bertz CT molecular complexity index is 957. The molecule has 0 radical (unpaired) electrons. The zero-order valence-electron chi connectivity index (χ0n) is 15.3. The van der Waals surface area contributed by atoms with Crippen LogP contribution >= 0.6 is 11.3 Å². The number of pyridine rings is 1. The number of thiazole rings is 1. The minimum absolute atomic E-state index is 0.173. The molecule has 0 spiro atoms. The van der Waals surface area contributed by atoms with Gasteiger partial charge >= 0.3 is 5.97 Å². The summed E-state index contributed by atoms with van der Waals surface area (Å²) in [5, 5.41) is 9.93. The van der Waals surface area contributed by atoms with Gasteiger partial charge in [0.1, 0.15) is 5.75 Å². The molecular weight excluding hydrogens is 374 g/mol. The van der Waals surface area contributed by atoms with Gasteiger partial charge in [-0.05, 0) is 55.5 Å². The fourth-order valence-corrected chi connectivity index (χ4v) is 5.30. The van der Waals surface area contributed by atoms with Gasteiger partial charge in [0.15, 0.2) is 5.65 Å². The minimum Gasteiger partial charge on any atom is -0.481 e. The third-order valence-corrected chi connectivity index (χ3v) is 6.76. The molecule has 1 N–H and O–H groups in total. The van der Waals surface area contributed by atoms with Gasteiger partial charge in [0.25, 0.3) is 5.19 Å². The Kier molecular flexibility index (Phi) is 4.49. The number of hydrogen-bond acceptors (Lipinski definition) is 6. The van der Waals surface area contributed by atoms with E-state index in [9.17, 15) is 9.90 Å². The van der Waals surface area contributed by atoms with Gasteiger partial charge in [0.05, 0.1) is 10.6 Å². The summed E-state index contributed by atoms with van der Waals surface area (Å²) in [4.78, 5) is 22.5. The summed E-state index contributed by atoms with van der Waals surface area (Å²) in [5.74, 6) is -0.0497. The lowest BCUT2D eigenvalue weighted by Crippen LogP contribution is -2.44. The van der Waals surface area contributed by atoms with Crippen molar-refractivity contribution in [2.24, 2.45) is 5.92 Å². The molecule has 2 aromatic heterocycles. The number of ether oxygens (including phenoxy) is 1. The molecule has 4 heterocycles. The highest BCUT2D eigenvalue weighted by molar-refractivity contribution is 7.20. The lowest BCUT2D eigenvalue weighted by molar-refractivity contribution is -0.144. The van der Waals surface area contributed by atoms with Crippen LogP contribution < -0.4 is 4.74 Å². The second kappa shape index (κ2) is 7.14. The molecule has 2 aliphatic heterocycles. The topological polar surface area (TPSA) is 75.5 Å². The first-order valence-corrected chi connectivity index (χ1v) is 10.4. The molecule has 2 fully saturated rings. The Labute approximate surface area is 166 Å². The predicted octanol–water partition coefficient (Wildman–Crippen LogP) is 4.31. The molecule has 7 heteroatoms. The van der Waals surface area contributed by atoms with Crippen molar-refractivity contribution >= 4 is 27.7 Å². The summed E-state index contributed by atoms with van der Waals surface area (Å²) in [6.07, 6.45) is 5.51. The van der Waals surface area contributed by atoms with Crippen LogP contribution in [0, 0.1) is 5.92 Å². The highest BCUT2D eigenvalue weighted by Crippen LogP contribution is 2.40. The van der Waals surface area contributed by atoms with Gasteiger partial charge in [0.2, 0.25) is 0 Å². The summed E-state index contributed by atoms with van der Waals surface area (Å²) < 4.78 is 6.90.